The molecule has 3 rings (SSSR count). The van der Waals surface area contributed by atoms with Crippen LogP contribution < -0.4 is 0 Å². The van der Waals surface area contributed by atoms with E-state index in [1.165, 1.54) is 42.5 Å². The Hall–Kier alpha value is -2.48. The van der Waals surface area contributed by atoms with Gasteiger partial charge < -0.3 is 4.57 Å². The van der Waals surface area contributed by atoms with Crippen molar-refractivity contribution in [3.05, 3.63) is 82.9 Å². The maximum Gasteiger partial charge on any atom is 0.243 e. The molecule has 0 saturated carbocycles. The highest BCUT2D eigenvalue weighted by Crippen LogP contribution is 2.31. The number of hydrogen-bond donors (Lipinski definition) is 0. The fourth-order valence-corrected chi connectivity index (χ4v) is 4.41. The first-order chi connectivity index (χ1) is 13.2. The first kappa shape index (κ1) is 20.3. The van der Waals surface area contributed by atoms with Gasteiger partial charge in [0.15, 0.2) is 5.78 Å². The Morgan fingerprint density at radius 2 is 1.71 bits per heavy atom. The van der Waals surface area contributed by atoms with Crippen LogP contribution in [0.5, 0.6) is 0 Å². The van der Waals surface area contributed by atoms with E-state index in [1.807, 2.05) is 7.05 Å². The number of carbonyl (C=O) groups excluding carboxylic acids is 1. The van der Waals surface area contributed by atoms with E-state index in [0.717, 1.165) is 5.56 Å². The van der Waals surface area contributed by atoms with Gasteiger partial charge in [-0.25, -0.2) is 13.4 Å². The molecule has 0 N–H and O–H groups in total. The minimum Gasteiger partial charge on any atom is -0.336 e. The first-order valence-corrected chi connectivity index (χ1v) is 10.4. The van der Waals surface area contributed by atoms with E-state index < -0.39 is 16.1 Å². The van der Waals surface area contributed by atoms with Crippen LogP contribution >= 0.6 is 11.6 Å². The molecule has 6 nitrogen and oxygen atoms in total. The van der Waals surface area contributed by atoms with Crippen molar-refractivity contribution in [1.82, 2.24) is 13.9 Å². The average molecular weight is 418 g/mol. The second-order valence-electron chi connectivity index (χ2n) is 6.45. The SMILES string of the molecule is CC(=O)c1ccc(S(=O)(=O)N(C)C(c2ccc(Cl)cc2)c2nccn2C)cc1. The zero-order chi connectivity index (χ0) is 20.5. The van der Waals surface area contributed by atoms with Gasteiger partial charge >= 0.3 is 0 Å². The van der Waals surface area contributed by atoms with Crippen molar-refractivity contribution in [3.63, 3.8) is 0 Å². The van der Waals surface area contributed by atoms with E-state index in [-0.39, 0.29) is 10.7 Å². The molecule has 0 amide bonds. The fourth-order valence-electron chi connectivity index (χ4n) is 2.97. The summed E-state index contributed by atoms with van der Waals surface area (Å²) in [7, 11) is -0.517. The number of benzene rings is 2. The predicted molar refractivity (Wildman–Crippen MR) is 108 cm³/mol. The van der Waals surface area contributed by atoms with Crippen molar-refractivity contribution in [3.8, 4) is 0 Å². The number of nitrogens with zero attached hydrogens (tertiary/aromatic N) is 3. The molecule has 0 saturated heterocycles. The fraction of sp³-hybridized carbons (Fsp3) is 0.200. The van der Waals surface area contributed by atoms with E-state index in [9.17, 15) is 13.2 Å². The van der Waals surface area contributed by atoms with Gasteiger partial charge in [-0.3, -0.25) is 4.79 Å². The monoisotopic (exact) mass is 417 g/mol. The number of imidazole rings is 1. The Bertz CT molecular complexity index is 1090. The number of halogens is 1. The molecule has 0 aliphatic carbocycles. The highest BCUT2D eigenvalue weighted by molar-refractivity contribution is 7.89. The van der Waals surface area contributed by atoms with Crippen LogP contribution in [0.2, 0.25) is 5.02 Å². The van der Waals surface area contributed by atoms with Crippen molar-refractivity contribution in [2.75, 3.05) is 7.05 Å². The Balaban J connectivity index is 2.07. The van der Waals surface area contributed by atoms with Crippen LogP contribution in [0.1, 0.15) is 34.7 Å². The smallest absolute Gasteiger partial charge is 0.243 e. The molecule has 2 aromatic carbocycles. The molecule has 0 aliphatic heterocycles. The number of aromatic nitrogens is 2. The summed E-state index contributed by atoms with van der Waals surface area (Å²) < 4.78 is 29.6. The average Bonchev–Trinajstić information content (AvgIpc) is 3.09. The van der Waals surface area contributed by atoms with Crippen molar-refractivity contribution in [1.29, 1.82) is 0 Å². The molecule has 1 heterocycles. The third-order valence-electron chi connectivity index (χ3n) is 4.59. The van der Waals surface area contributed by atoms with Crippen LogP contribution in [0, 0.1) is 0 Å². The summed E-state index contributed by atoms with van der Waals surface area (Å²) in [6.45, 7) is 1.44. The van der Waals surface area contributed by atoms with E-state index in [1.54, 1.807) is 41.2 Å². The molecule has 0 aliphatic rings. The molecular formula is C20H20ClN3O3S. The van der Waals surface area contributed by atoms with Crippen molar-refractivity contribution < 1.29 is 13.2 Å². The number of hydrogen-bond acceptors (Lipinski definition) is 4. The number of carbonyl (C=O) groups is 1. The van der Waals surface area contributed by atoms with Gasteiger partial charge in [0.05, 0.1) is 4.90 Å². The van der Waals surface area contributed by atoms with E-state index in [2.05, 4.69) is 4.98 Å². The topological polar surface area (TPSA) is 72.3 Å². The van der Waals surface area contributed by atoms with Gasteiger partial charge in [0.2, 0.25) is 10.0 Å². The molecule has 1 atom stereocenters. The van der Waals surface area contributed by atoms with Crippen LogP contribution in [0.3, 0.4) is 0 Å². The van der Waals surface area contributed by atoms with Crippen LogP contribution in [-0.4, -0.2) is 35.1 Å². The minimum atomic E-state index is -3.85. The molecule has 1 unspecified atom stereocenters. The zero-order valence-electron chi connectivity index (χ0n) is 15.7. The maximum atomic E-state index is 13.3. The van der Waals surface area contributed by atoms with Gasteiger partial charge in [-0.2, -0.15) is 4.31 Å². The number of aryl methyl sites for hydroxylation is 1. The molecule has 8 heteroatoms. The maximum absolute atomic E-state index is 13.3. The normalized spacial score (nSPS) is 12.9. The van der Waals surface area contributed by atoms with Crippen molar-refractivity contribution >= 4 is 27.4 Å². The predicted octanol–water partition coefficient (Wildman–Crippen LogP) is 3.69. The van der Waals surface area contributed by atoms with Crippen molar-refractivity contribution in [2.45, 2.75) is 17.9 Å². The van der Waals surface area contributed by atoms with E-state index in [0.29, 0.717) is 16.4 Å². The Morgan fingerprint density at radius 1 is 1.11 bits per heavy atom. The summed E-state index contributed by atoms with van der Waals surface area (Å²) in [4.78, 5) is 15.9. The minimum absolute atomic E-state index is 0.105. The summed E-state index contributed by atoms with van der Waals surface area (Å²) in [6, 6.07) is 12.3. The lowest BCUT2D eigenvalue weighted by molar-refractivity contribution is 0.101. The molecule has 1 aromatic heterocycles. The van der Waals surface area contributed by atoms with Crippen LogP contribution in [-0.2, 0) is 17.1 Å². The number of ketones is 1. The highest BCUT2D eigenvalue weighted by atomic mass is 35.5. The third-order valence-corrected chi connectivity index (χ3v) is 6.68. The summed E-state index contributed by atoms with van der Waals surface area (Å²) >= 11 is 6.00. The standard InChI is InChI=1S/C20H20ClN3O3S/c1-14(25)15-6-10-18(11-7-15)28(26,27)24(3)19(20-22-12-13-23(20)2)16-4-8-17(21)9-5-16/h4-13,19H,1-3H3. The number of Topliss-reactive ketones (excluding diaryl/α,β-unsaturated/α-hetero) is 1. The van der Waals surface area contributed by atoms with Gasteiger partial charge in [0, 0.05) is 37.1 Å². The largest absolute Gasteiger partial charge is 0.336 e. The van der Waals surface area contributed by atoms with Gasteiger partial charge in [0.1, 0.15) is 11.9 Å². The lowest BCUT2D eigenvalue weighted by Crippen LogP contribution is -2.33. The molecule has 28 heavy (non-hydrogen) atoms. The van der Waals surface area contributed by atoms with E-state index >= 15 is 0 Å². The molecular weight excluding hydrogens is 398 g/mol. The van der Waals surface area contributed by atoms with Gasteiger partial charge in [-0.15, -0.1) is 0 Å². The lowest BCUT2D eigenvalue weighted by atomic mass is 10.1. The molecule has 0 spiro atoms. The van der Waals surface area contributed by atoms with E-state index in [4.69, 9.17) is 11.6 Å². The van der Waals surface area contributed by atoms with Gasteiger partial charge in [0.25, 0.3) is 0 Å². The summed E-state index contributed by atoms with van der Waals surface area (Å²) in [5.41, 5.74) is 1.20. The molecule has 0 fully saturated rings. The lowest BCUT2D eigenvalue weighted by Gasteiger charge is -2.27. The summed E-state index contributed by atoms with van der Waals surface area (Å²) in [5.74, 6) is 0.457. The Labute approximate surface area is 169 Å². The van der Waals surface area contributed by atoms with Crippen LogP contribution in [0.25, 0.3) is 0 Å². The quantitative estimate of drug-likeness (QED) is 0.573. The van der Waals surface area contributed by atoms with Crippen LogP contribution in [0.15, 0.2) is 65.8 Å². The molecule has 146 valence electrons. The van der Waals surface area contributed by atoms with Gasteiger partial charge in [-0.1, -0.05) is 35.9 Å². The number of sulfonamides is 1. The zero-order valence-corrected chi connectivity index (χ0v) is 17.3. The summed E-state index contributed by atoms with van der Waals surface area (Å²) in [6.07, 6.45) is 3.39. The highest BCUT2D eigenvalue weighted by Gasteiger charge is 2.32. The Morgan fingerprint density at radius 3 is 2.21 bits per heavy atom. The second kappa shape index (κ2) is 7.87. The molecule has 0 bridgehead atoms. The third kappa shape index (κ3) is 3.87. The second-order valence-corrected chi connectivity index (χ2v) is 8.89. The first-order valence-electron chi connectivity index (χ1n) is 8.53. The van der Waals surface area contributed by atoms with Gasteiger partial charge in [-0.05, 0) is 36.8 Å². The molecule has 0 radical (unpaired) electrons. The van der Waals surface area contributed by atoms with Crippen LogP contribution in [0.4, 0.5) is 0 Å². The number of rotatable bonds is 6. The van der Waals surface area contributed by atoms with Crippen molar-refractivity contribution in [2.24, 2.45) is 7.05 Å². The molecule has 3 aromatic rings. The Kier molecular flexibility index (Phi) is 5.69. The summed E-state index contributed by atoms with van der Waals surface area (Å²) in [5, 5.41) is 0.563.